The maximum Gasteiger partial charge on any atom is 0.326 e. The molecule has 1 aromatic rings. The molecule has 1 saturated heterocycles. The molecule has 2 unspecified atom stereocenters. The Morgan fingerprint density at radius 1 is 1.38 bits per heavy atom. The van der Waals surface area contributed by atoms with Crippen LogP contribution in [0.1, 0.15) is 28.8 Å². The van der Waals surface area contributed by atoms with Gasteiger partial charge < -0.3 is 20.1 Å². The fraction of sp³-hybridized carbons (Fsp3) is 0.471. The van der Waals surface area contributed by atoms with Gasteiger partial charge in [0, 0.05) is 39.1 Å². The van der Waals surface area contributed by atoms with E-state index in [0.717, 1.165) is 5.56 Å². The maximum absolute atomic E-state index is 12.4. The summed E-state index contributed by atoms with van der Waals surface area (Å²) >= 11 is 0. The maximum atomic E-state index is 12.4. The SMILES string of the molecule is CNC(=O)c1cccc(CCC(=O)N2CC(OC)CC2C(=O)O)c1. The molecule has 1 heterocycles. The van der Waals surface area contributed by atoms with Gasteiger partial charge in [-0.15, -0.1) is 0 Å². The lowest BCUT2D eigenvalue weighted by Gasteiger charge is -2.21. The van der Waals surface area contributed by atoms with Gasteiger partial charge in [0.2, 0.25) is 5.91 Å². The van der Waals surface area contributed by atoms with Crippen LogP contribution in [0.3, 0.4) is 0 Å². The quantitative estimate of drug-likeness (QED) is 0.797. The van der Waals surface area contributed by atoms with E-state index in [4.69, 9.17) is 4.74 Å². The van der Waals surface area contributed by atoms with Gasteiger partial charge in [-0.05, 0) is 24.1 Å². The number of hydrogen-bond acceptors (Lipinski definition) is 4. The third-order valence-corrected chi connectivity index (χ3v) is 4.25. The number of likely N-dealkylation sites (tertiary alicyclic amines) is 1. The topological polar surface area (TPSA) is 95.9 Å². The summed E-state index contributed by atoms with van der Waals surface area (Å²) in [5.41, 5.74) is 1.39. The van der Waals surface area contributed by atoms with Gasteiger partial charge in [0.15, 0.2) is 0 Å². The first kappa shape index (κ1) is 17.9. The molecule has 2 N–H and O–H groups in total. The van der Waals surface area contributed by atoms with E-state index in [1.807, 2.05) is 6.07 Å². The predicted molar refractivity (Wildman–Crippen MR) is 86.7 cm³/mol. The summed E-state index contributed by atoms with van der Waals surface area (Å²) in [5.74, 6) is -1.41. The number of nitrogens with zero attached hydrogens (tertiary/aromatic N) is 1. The molecule has 0 saturated carbocycles. The van der Waals surface area contributed by atoms with Crippen LogP contribution in [0.2, 0.25) is 0 Å². The molecule has 2 rings (SSSR count). The van der Waals surface area contributed by atoms with Gasteiger partial charge in [0.05, 0.1) is 6.10 Å². The summed E-state index contributed by atoms with van der Waals surface area (Å²) in [7, 11) is 3.08. The van der Waals surface area contributed by atoms with E-state index in [0.29, 0.717) is 24.9 Å². The molecule has 0 radical (unpaired) electrons. The highest BCUT2D eigenvalue weighted by Gasteiger charge is 2.39. The Kier molecular flexibility index (Phi) is 5.92. The minimum absolute atomic E-state index is 0.184. The number of amides is 2. The fourth-order valence-corrected chi connectivity index (χ4v) is 2.89. The predicted octanol–water partition coefficient (Wildman–Crippen LogP) is 0.679. The average molecular weight is 334 g/mol. The van der Waals surface area contributed by atoms with Gasteiger partial charge in [-0.1, -0.05) is 12.1 Å². The number of nitrogens with one attached hydrogen (secondary N) is 1. The number of rotatable bonds is 6. The zero-order valence-electron chi connectivity index (χ0n) is 13.8. The Morgan fingerprint density at radius 3 is 2.75 bits per heavy atom. The third-order valence-electron chi connectivity index (χ3n) is 4.25. The van der Waals surface area contributed by atoms with Crippen LogP contribution in [-0.4, -0.2) is 60.6 Å². The summed E-state index contributed by atoms with van der Waals surface area (Å²) < 4.78 is 5.19. The van der Waals surface area contributed by atoms with Gasteiger partial charge >= 0.3 is 5.97 Å². The lowest BCUT2D eigenvalue weighted by molar-refractivity contribution is -0.148. The molecule has 0 aliphatic carbocycles. The van der Waals surface area contributed by atoms with Crippen molar-refractivity contribution in [2.24, 2.45) is 0 Å². The molecule has 0 bridgehead atoms. The number of hydrogen-bond donors (Lipinski definition) is 2. The number of aryl methyl sites for hydroxylation is 1. The summed E-state index contributed by atoms with van der Waals surface area (Å²) in [5, 5.41) is 11.8. The zero-order chi connectivity index (χ0) is 17.7. The number of carbonyl (C=O) groups excluding carboxylic acids is 2. The number of benzene rings is 1. The lowest BCUT2D eigenvalue weighted by Crippen LogP contribution is -2.40. The number of carbonyl (C=O) groups is 3. The molecular weight excluding hydrogens is 312 g/mol. The number of carboxylic acid groups (broad SMARTS) is 1. The second-order valence-electron chi connectivity index (χ2n) is 5.77. The Morgan fingerprint density at radius 2 is 2.12 bits per heavy atom. The van der Waals surface area contributed by atoms with E-state index in [9.17, 15) is 19.5 Å². The molecule has 1 fully saturated rings. The van der Waals surface area contributed by atoms with Crippen LogP contribution in [0, 0.1) is 0 Å². The molecule has 1 aliphatic rings. The van der Waals surface area contributed by atoms with Crippen LogP contribution >= 0.6 is 0 Å². The minimum Gasteiger partial charge on any atom is -0.480 e. The normalized spacial score (nSPS) is 20.0. The van der Waals surface area contributed by atoms with Crippen molar-refractivity contribution in [3.8, 4) is 0 Å². The van der Waals surface area contributed by atoms with E-state index in [1.54, 1.807) is 25.2 Å². The highest BCUT2D eigenvalue weighted by molar-refractivity contribution is 5.94. The van der Waals surface area contributed by atoms with E-state index >= 15 is 0 Å². The molecule has 7 nitrogen and oxygen atoms in total. The Balaban J connectivity index is 2.00. The second-order valence-corrected chi connectivity index (χ2v) is 5.77. The van der Waals surface area contributed by atoms with Gasteiger partial charge in [-0.2, -0.15) is 0 Å². The van der Waals surface area contributed by atoms with Gasteiger partial charge in [0.25, 0.3) is 5.91 Å². The number of aliphatic carboxylic acids is 1. The summed E-state index contributed by atoms with van der Waals surface area (Å²) in [6, 6.07) is 6.22. The molecule has 2 amide bonds. The number of methoxy groups -OCH3 is 1. The van der Waals surface area contributed by atoms with Crippen molar-refractivity contribution in [3.05, 3.63) is 35.4 Å². The van der Waals surface area contributed by atoms with Gasteiger partial charge in [0.1, 0.15) is 6.04 Å². The highest BCUT2D eigenvalue weighted by atomic mass is 16.5. The van der Waals surface area contributed by atoms with E-state index in [-0.39, 0.29) is 24.3 Å². The number of ether oxygens (including phenoxy) is 1. The Bertz CT molecular complexity index is 631. The van der Waals surface area contributed by atoms with E-state index in [1.165, 1.54) is 12.0 Å². The molecule has 1 aromatic carbocycles. The molecule has 0 aromatic heterocycles. The largest absolute Gasteiger partial charge is 0.480 e. The Labute approximate surface area is 140 Å². The molecule has 0 spiro atoms. The first-order chi connectivity index (χ1) is 11.5. The van der Waals surface area contributed by atoms with Crippen LogP contribution in [0.15, 0.2) is 24.3 Å². The standard InChI is InChI=1S/C17H22N2O5/c1-18-16(21)12-5-3-4-11(8-12)6-7-15(20)19-10-13(24-2)9-14(19)17(22)23/h3-5,8,13-14H,6-7,9-10H2,1-2H3,(H,18,21)(H,22,23). The smallest absolute Gasteiger partial charge is 0.326 e. The molecule has 1 aliphatic heterocycles. The summed E-state index contributed by atoms with van der Waals surface area (Å²) in [4.78, 5) is 36.7. The van der Waals surface area contributed by atoms with Gasteiger partial charge in [-0.25, -0.2) is 4.79 Å². The van der Waals surface area contributed by atoms with Crippen LogP contribution in [0.5, 0.6) is 0 Å². The van der Waals surface area contributed by atoms with Crippen LogP contribution < -0.4 is 5.32 Å². The molecular formula is C17H22N2O5. The molecule has 2 atom stereocenters. The summed E-state index contributed by atoms with van der Waals surface area (Å²) in [6.45, 7) is 0.296. The first-order valence-electron chi connectivity index (χ1n) is 7.82. The fourth-order valence-electron chi connectivity index (χ4n) is 2.89. The first-order valence-corrected chi connectivity index (χ1v) is 7.82. The highest BCUT2D eigenvalue weighted by Crippen LogP contribution is 2.22. The van der Waals surface area contributed by atoms with Crippen molar-refractivity contribution in [1.29, 1.82) is 0 Å². The average Bonchev–Trinajstić information content (AvgIpc) is 3.04. The van der Waals surface area contributed by atoms with Crippen molar-refractivity contribution in [2.75, 3.05) is 20.7 Å². The molecule has 130 valence electrons. The van der Waals surface area contributed by atoms with Crippen molar-refractivity contribution >= 4 is 17.8 Å². The summed E-state index contributed by atoms with van der Waals surface area (Å²) in [6.07, 6.45) is 0.706. The van der Waals surface area contributed by atoms with Crippen molar-refractivity contribution in [2.45, 2.75) is 31.4 Å². The van der Waals surface area contributed by atoms with E-state index in [2.05, 4.69) is 5.32 Å². The van der Waals surface area contributed by atoms with Crippen LogP contribution in [0.25, 0.3) is 0 Å². The zero-order valence-corrected chi connectivity index (χ0v) is 13.8. The minimum atomic E-state index is -1.01. The number of carboxylic acids is 1. The second kappa shape index (κ2) is 7.92. The van der Waals surface area contributed by atoms with Gasteiger partial charge in [-0.3, -0.25) is 9.59 Å². The third kappa shape index (κ3) is 4.11. The lowest BCUT2D eigenvalue weighted by atomic mass is 10.1. The van der Waals surface area contributed by atoms with Crippen LogP contribution in [-0.2, 0) is 20.7 Å². The monoisotopic (exact) mass is 334 g/mol. The van der Waals surface area contributed by atoms with Crippen molar-refractivity contribution in [1.82, 2.24) is 10.2 Å². The Hall–Kier alpha value is -2.41. The van der Waals surface area contributed by atoms with Crippen molar-refractivity contribution in [3.63, 3.8) is 0 Å². The van der Waals surface area contributed by atoms with Crippen LogP contribution in [0.4, 0.5) is 0 Å². The molecule has 7 heteroatoms. The molecule has 24 heavy (non-hydrogen) atoms. The van der Waals surface area contributed by atoms with Crippen molar-refractivity contribution < 1.29 is 24.2 Å². The van der Waals surface area contributed by atoms with E-state index < -0.39 is 12.0 Å².